The van der Waals surface area contributed by atoms with Crippen LogP contribution in [0.4, 0.5) is 4.79 Å². The maximum atomic E-state index is 11.6. The van der Waals surface area contributed by atoms with Gasteiger partial charge in [-0.1, -0.05) is 24.3 Å². The fourth-order valence-electron chi connectivity index (χ4n) is 1.67. The minimum Gasteiger partial charge on any atom is -0.480 e. The van der Waals surface area contributed by atoms with Gasteiger partial charge in [-0.25, -0.2) is 9.59 Å². The monoisotopic (exact) mass is 295 g/mol. The first-order chi connectivity index (χ1) is 9.71. The third-order valence-electron chi connectivity index (χ3n) is 2.63. The summed E-state index contributed by atoms with van der Waals surface area (Å²) in [4.78, 5) is 22.9. The van der Waals surface area contributed by atoms with E-state index in [0.29, 0.717) is 0 Å². The smallest absolute Gasteiger partial charge is 0.408 e. The molecule has 0 aliphatic heterocycles. The molecule has 1 rings (SSSR count). The molecular formula is C15H21NO5. The van der Waals surface area contributed by atoms with Gasteiger partial charge in [0.1, 0.15) is 11.6 Å². The summed E-state index contributed by atoms with van der Waals surface area (Å²) in [5, 5.41) is 20.5. The van der Waals surface area contributed by atoms with Gasteiger partial charge in [0.15, 0.2) is 0 Å². The average molecular weight is 295 g/mol. The van der Waals surface area contributed by atoms with Crippen LogP contribution in [0.5, 0.6) is 0 Å². The summed E-state index contributed by atoms with van der Waals surface area (Å²) >= 11 is 0. The Morgan fingerprint density at radius 2 is 1.71 bits per heavy atom. The van der Waals surface area contributed by atoms with Crippen molar-refractivity contribution in [2.24, 2.45) is 0 Å². The highest BCUT2D eigenvalue weighted by atomic mass is 16.6. The van der Waals surface area contributed by atoms with Crippen molar-refractivity contribution >= 4 is 12.1 Å². The molecule has 1 aromatic carbocycles. The summed E-state index contributed by atoms with van der Waals surface area (Å²) in [5.74, 6) is -1.13. The number of carboxylic acid groups (broad SMARTS) is 1. The fraction of sp³-hybridized carbons (Fsp3) is 0.467. The molecule has 0 unspecified atom stereocenters. The van der Waals surface area contributed by atoms with Crippen molar-refractivity contribution in [3.63, 3.8) is 0 Å². The maximum absolute atomic E-state index is 11.6. The molecule has 0 heterocycles. The number of benzene rings is 1. The lowest BCUT2D eigenvalue weighted by molar-refractivity contribution is -0.139. The molecule has 0 saturated heterocycles. The van der Waals surface area contributed by atoms with Crippen LogP contribution in [0.25, 0.3) is 0 Å². The van der Waals surface area contributed by atoms with E-state index in [1.807, 2.05) is 0 Å². The first-order valence-corrected chi connectivity index (χ1v) is 6.62. The number of carbonyl (C=O) groups is 2. The molecule has 6 heteroatoms. The van der Waals surface area contributed by atoms with E-state index < -0.39 is 23.7 Å². The van der Waals surface area contributed by atoms with Crippen molar-refractivity contribution in [3.05, 3.63) is 35.4 Å². The molecule has 0 radical (unpaired) electrons. The van der Waals surface area contributed by atoms with Crippen LogP contribution >= 0.6 is 0 Å². The first kappa shape index (κ1) is 17.0. The molecule has 6 nitrogen and oxygen atoms in total. The third-order valence-corrected chi connectivity index (χ3v) is 2.63. The number of aliphatic hydroxyl groups is 1. The minimum atomic E-state index is -1.13. The number of aliphatic hydroxyl groups excluding tert-OH is 1. The predicted octanol–water partition coefficient (Wildman–Crippen LogP) is 1.70. The van der Waals surface area contributed by atoms with Crippen molar-refractivity contribution in [1.29, 1.82) is 0 Å². The number of rotatable bonds is 5. The molecule has 0 saturated carbocycles. The van der Waals surface area contributed by atoms with Crippen molar-refractivity contribution in [2.45, 2.75) is 45.4 Å². The highest BCUT2D eigenvalue weighted by Gasteiger charge is 2.24. The molecule has 0 bridgehead atoms. The molecule has 1 amide bonds. The van der Waals surface area contributed by atoms with Crippen molar-refractivity contribution in [3.8, 4) is 0 Å². The summed E-state index contributed by atoms with van der Waals surface area (Å²) in [7, 11) is 0. The highest BCUT2D eigenvalue weighted by Crippen LogP contribution is 2.10. The van der Waals surface area contributed by atoms with E-state index in [4.69, 9.17) is 9.84 Å². The van der Waals surface area contributed by atoms with Gasteiger partial charge in [0.25, 0.3) is 0 Å². The average Bonchev–Trinajstić information content (AvgIpc) is 2.36. The van der Waals surface area contributed by atoms with Gasteiger partial charge in [-0.15, -0.1) is 0 Å². The van der Waals surface area contributed by atoms with Crippen molar-refractivity contribution < 1.29 is 24.5 Å². The number of aliphatic carboxylic acids is 1. The number of carboxylic acids is 1. The summed E-state index contributed by atoms with van der Waals surface area (Å²) in [6.45, 7) is 5.04. The second kappa shape index (κ2) is 7.08. The van der Waals surface area contributed by atoms with Crippen LogP contribution in [-0.2, 0) is 22.6 Å². The van der Waals surface area contributed by atoms with Crippen molar-refractivity contribution in [1.82, 2.24) is 5.32 Å². The van der Waals surface area contributed by atoms with Gasteiger partial charge in [0.05, 0.1) is 6.61 Å². The van der Waals surface area contributed by atoms with Gasteiger partial charge in [-0.3, -0.25) is 0 Å². The molecule has 1 aromatic rings. The third kappa shape index (κ3) is 6.27. The normalized spacial score (nSPS) is 12.6. The van der Waals surface area contributed by atoms with Crippen LogP contribution in [-0.4, -0.2) is 33.9 Å². The second-order valence-electron chi connectivity index (χ2n) is 5.72. The second-order valence-corrected chi connectivity index (χ2v) is 5.72. The van der Waals surface area contributed by atoms with Crippen LogP contribution in [0, 0.1) is 0 Å². The summed E-state index contributed by atoms with van der Waals surface area (Å²) in [5.41, 5.74) is 0.803. The maximum Gasteiger partial charge on any atom is 0.408 e. The molecule has 0 aliphatic rings. The van der Waals surface area contributed by atoms with Gasteiger partial charge >= 0.3 is 12.1 Å². The van der Waals surface area contributed by atoms with E-state index in [0.717, 1.165) is 11.1 Å². The number of alkyl carbamates (subject to hydrolysis) is 1. The van der Waals surface area contributed by atoms with Crippen LogP contribution in [0.2, 0.25) is 0 Å². The Balaban J connectivity index is 2.69. The predicted molar refractivity (Wildman–Crippen MR) is 76.9 cm³/mol. The summed E-state index contributed by atoms with van der Waals surface area (Å²) < 4.78 is 5.05. The Kier molecular flexibility index (Phi) is 5.72. The van der Waals surface area contributed by atoms with Crippen LogP contribution in [0.3, 0.4) is 0 Å². The number of amides is 1. The molecule has 3 N–H and O–H groups in total. The van der Waals surface area contributed by atoms with Gasteiger partial charge in [0.2, 0.25) is 0 Å². The molecule has 0 aliphatic carbocycles. The summed E-state index contributed by atoms with van der Waals surface area (Å²) in [6, 6.07) is 5.79. The Morgan fingerprint density at radius 1 is 1.19 bits per heavy atom. The fourth-order valence-corrected chi connectivity index (χ4v) is 1.67. The van der Waals surface area contributed by atoms with Gasteiger partial charge < -0.3 is 20.3 Å². The molecular weight excluding hydrogens is 274 g/mol. The van der Waals surface area contributed by atoms with Crippen LogP contribution in [0.1, 0.15) is 31.9 Å². The van der Waals surface area contributed by atoms with Gasteiger partial charge in [-0.2, -0.15) is 0 Å². The molecule has 0 aromatic heterocycles. The van der Waals surface area contributed by atoms with Gasteiger partial charge in [-0.05, 0) is 31.9 Å². The van der Waals surface area contributed by atoms with Crippen molar-refractivity contribution in [2.75, 3.05) is 0 Å². The van der Waals surface area contributed by atoms with Crippen LogP contribution < -0.4 is 5.32 Å². The molecule has 116 valence electrons. The zero-order valence-corrected chi connectivity index (χ0v) is 12.4. The number of carbonyl (C=O) groups excluding carboxylic acids is 1. The molecule has 21 heavy (non-hydrogen) atoms. The quantitative estimate of drug-likeness (QED) is 0.768. The Bertz CT molecular complexity index is 490. The van der Waals surface area contributed by atoms with Crippen LogP contribution in [0.15, 0.2) is 24.3 Å². The Hall–Kier alpha value is -2.08. The SMILES string of the molecule is CC(C)(C)OC(=O)N[C@@H](Cc1ccc(CO)cc1)C(=O)O. The van der Waals surface area contributed by atoms with E-state index in [-0.39, 0.29) is 13.0 Å². The topological polar surface area (TPSA) is 95.9 Å². The lowest BCUT2D eigenvalue weighted by Gasteiger charge is -2.22. The van der Waals surface area contributed by atoms with E-state index in [1.165, 1.54) is 0 Å². The Morgan fingerprint density at radius 3 is 2.14 bits per heavy atom. The number of nitrogens with one attached hydrogen (secondary N) is 1. The zero-order valence-electron chi connectivity index (χ0n) is 12.4. The lowest BCUT2D eigenvalue weighted by atomic mass is 10.0. The zero-order chi connectivity index (χ0) is 16.0. The van der Waals surface area contributed by atoms with E-state index in [2.05, 4.69) is 5.32 Å². The summed E-state index contributed by atoms with van der Waals surface area (Å²) in [6.07, 6.45) is -0.623. The first-order valence-electron chi connectivity index (χ1n) is 6.62. The number of ether oxygens (including phenoxy) is 1. The molecule has 0 spiro atoms. The van der Waals surface area contributed by atoms with E-state index in [9.17, 15) is 14.7 Å². The molecule has 1 atom stereocenters. The van der Waals surface area contributed by atoms with Gasteiger partial charge in [0, 0.05) is 6.42 Å². The highest BCUT2D eigenvalue weighted by molar-refractivity contribution is 5.80. The largest absolute Gasteiger partial charge is 0.480 e. The van der Waals surface area contributed by atoms with E-state index in [1.54, 1.807) is 45.0 Å². The number of hydrogen-bond acceptors (Lipinski definition) is 4. The number of hydrogen-bond donors (Lipinski definition) is 3. The molecule has 0 fully saturated rings. The lowest BCUT2D eigenvalue weighted by Crippen LogP contribution is -2.44. The minimum absolute atomic E-state index is 0.0706. The Labute approximate surface area is 123 Å². The standard InChI is InChI=1S/C15H21NO5/c1-15(2,3)21-14(20)16-12(13(18)19)8-10-4-6-11(9-17)7-5-10/h4-7,12,17H,8-9H2,1-3H3,(H,16,20)(H,18,19)/t12-/m0/s1. The van der Waals surface area contributed by atoms with E-state index >= 15 is 0 Å².